The maximum Gasteiger partial charge on any atom is 0.419 e. The zero-order chi connectivity index (χ0) is 30.7. The van der Waals surface area contributed by atoms with Crippen molar-refractivity contribution in [2.24, 2.45) is 0 Å². The maximum atomic E-state index is 14.3. The number of amides is 1. The Balaban J connectivity index is 1.64. The van der Waals surface area contributed by atoms with Crippen LogP contribution in [0.25, 0.3) is 33.8 Å². The van der Waals surface area contributed by atoms with Gasteiger partial charge in [-0.15, -0.1) is 0 Å². The number of hydrogen-bond acceptors (Lipinski definition) is 6. The van der Waals surface area contributed by atoms with Crippen LogP contribution >= 0.6 is 11.6 Å². The lowest BCUT2D eigenvalue weighted by atomic mass is 10.0. The average Bonchev–Trinajstić information content (AvgIpc) is 3.36. The van der Waals surface area contributed by atoms with E-state index in [1.165, 1.54) is 37.5 Å². The van der Waals surface area contributed by atoms with Crippen LogP contribution in [0.3, 0.4) is 0 Å². The maximum absolute atomic E-state index is 14.3. The minimum Gasteiger partial charge on any atom is -0.488 e. The van der Waals surface area contributed by atoms with E-state index in [2.05, 4.69) is 15.3 Å². The Hall–Kier alpha value is -5.23. The second-order valence-corrected chi connectivity index (χ2v) is 9.75. The number of halogens is 4. The van der Waals surface area contributed by atoms with Gasteiger partial charge in [0.15, 0.2) is 0 Å². The van der Waals surface area contributed by atoms with Crippen molar-refractivity contribution in [2.75, 3.05) is 5.32 Å². The first kappa shape index (κ1) is 29.3. The summed E-state index contributed by atoms with van der Waals surface area (Å²) in [4.78, 5) is 30.5. The van der Waals surface area contributed by atoms with Gasteiger partial charge in [0, 0.05) is 47.9 Å². The summed E-state index contributed by atoms with van der Waals surface area (Å²) in [5, 5.41) is 14.3. The van der Waals surface area contributed by atoms with E-state index >= 15 is 0 Å². The van der Waals surface area contributed by atoms with Crippen LogP contribution in [0.4, 0.5) is 19.0 Å². The van der Waals surface area contributed by atoms with Crippen LogP contribution in [0.1, 0.15) is 23.7 Å². The lowest BCUT2D eigenvalue weighted by molar-refractivity contribution is -0.401. The van der Waals surface area contributed by atoms with Gasteiger partial charge >= 0.3 is 6.18 Å². The third-order valence-electron chi connectivity index (χ3n) is 6.32. The number of aromatic nitrogens is 3. The molecule has 0 saturated heterocycles. The van der Waals surface area contributed by atoms with E-state index in [0.717, 1.165) is 12.3 Å². The standard InChI is InChI=1S/C30H21ClF3N5O4/c1-18(40)37-29-28-24(16-38(26(28)9-12-36-29)23-8-11-35-22(15-23)10-13-39(41)42)20-4-7-27(25(14-20)30(32,33)34)43-17-19-2-5-21(31)6-3-19/h2-16H,17H2,1H3,(H,36,37,40)/b13-10-. The lowest BCUT2D eigenvalue weighted by Gasteiger charge is -2.16. The molecular weight excluding hydrogens is 587 g/mol. The van der Waals surface area contributed by atoms with Crippen LogP contribution in [-0.2, 0) is 17.6 Å². The van der Waals surface area contributed by atoms with Crippen molar-refractivity contribution in [3.8, 4) is 22.6 Å². The molecule has 0 atom stereocenters. The fourth-order valence-corrected chi connectivity index (χ4v) is 4.60. The molecule has 0 aliphatic rings. The molecule has 0 bridgehead atoms. The number of hydrogen-bond donors (Lipinski definition) is 1. The van der Waals surface area contributed by atoms with Gasteiger partial charge < -0.3 is 14.6 Å². The predicted molar refractivity (Wildman–Crippen MR) is 155 cm³/mol. The highest BCUT2D eigenvalue weighted by Gasteiger charge is 2.35. The van der Waals surface area contributed by atoms with Gasteiger partial charge in [-0.2, -0.15) is 13.2 Å². The van der Waals surface area contributed by atoms with E-state index in [1.54, 1.807) is 53.2 Å². The molecule has 0 fully saturated rings. The number of rotatable bonds is 8. The van der Waals surface area contributed by atoms with E-state index in [9.17, 15) is 28.1 Å². The van der Waals surface area contributed by atoms with E-state index in [-0.39, 0.29) is 29.4 Å². The minimum absolute atomic E-state index is 0.106. The number of carbonyl (C=O) groups is 1. The van der Waals surface area contributed by atoms with Crippen LogP contribution in [0.5, 0.6) is 5.75 Å². The summed E-state index contributed by atoms with van der Waals surface area (Å²) in [6.07, 6.45) is 1.74. The van der Waals surface area contributed by atoms with Gasteiger partial charge in [-0.25, -0.2) is 4.98 Å². The van der Waals surface area contributed by atoms with Gasteiger partial charge in [0.25, 0.3) is 0 Å². The molecule has 1 amide bonds. The SMILES string of the molecule is CC(=O)Nc1nccc2c1c(-c1ccc(OCc3ccc(Cl)cc3)c(C(F)(F)F)c1)cn2-c1ccnc(/C=C\[N+](=O)[O-])c1. The summed E-state index contributed by atoms with van der Waals surface area (Å²) < 4.78 is 50.2. The smallest absolute Gasteiger partial charge is 0.419 e. The number of nitro groups is 1. The van der Waals surface area contributed by atoms with E-state index in [0.29, 0.717) is 32.7 Å². The molecule has 2 aromatic carbocycles. The summed E-state index contributed by atoms with van der Waals surface area (Å²) in [5.74, 6) is -0.624. The highest BCUT2D eigenvalue weighted by atomic mass is 35.5. The van der Waals surface area contributed by atoms with Gasteiger partial charge in [0.05, 0.1) is 27.1 Å². The first-order valence-corrected chi connectivity index (χ1v) is 13.0. The van der Waals surface area contributed by atoms with Gasteiger partial charge in [-0.3, -0.25) is 19.9 Å². The summed E-state index contributed by atoms with van der Waals surface area (Å²) in [7, 11) is 0. The summed E-state index contributed by atoms with van der Waals surface area (Å²) in [5.41, 5.74) is 1.52. The van der Waals surface area contributed by atoms with Crippen molar-refractivity contribution in [2.45, 2.75) is 19.7 Å². The molecule has 5 rings (SSSR count). The first-order valence-electron chi connectivity index (χ1n) is 12.6. The topological polar surface area (TPSA) is 112 Å². The zero-order valence-corrected chi connectivity index (χ0v) is 23.1. The Bertz CT molecular complexity index is 1870. The van der Waals surface area contributed by atoms with Crippen molar-refractivity contribution >= 4 is 40.3 Å². The number of ether oxygens (including phenoxy) is 1. The quantitative estimate of drug-likeness (QED) is 0.144. The number of nitrogens with one attached hydrogen (secondary N) is 1. The van der Waals surface area contributed by atoms with E-state index in [4.69, 9.17) is 16.3 Å². The molecule has 3 heterocycles. The second kappa shape index (κ2) is 11.9. The highest BCUT2D eigenvalue weighted by Crippen LogP contribution is 2.42. The number of benzene rings is 2. The molecule has 1 N–H and O–H groups in total. The average molecular weight is 608 g/mol. The normalized spacial score (nSPS) is 11.7. The minimum atomic E-state index is -4.74. The molecule has 43 heavy (non-hydrogen) atoms. The molecule has 218 valence electrons. The van der Waals surface area contributed by atoms with Crippen LogP contribution < -0.4 is 10.1 Å². The molecule has 13 heteroatoms. The molecule has 9 nitrogen and oxygen atoms in total. The number of carbonyl (C=O) groups excluding carboxylic acids is 1. The summed E-state index contributed by atoms with van der Waals surface area (Å²) in [6, 6.07) is 15.1. The van der Waals surface area contributed by atoms with Gasteiger partial charge in [0.1, 0.15) is 18.2 Å². The summed E-state index contributed by atoms with van der Waals surface area (Å²) in [6.45, 7) is 1.19. The van der Waals surface area contributed by atoms with Gasteiger partial charge in [-0.05, 0) is 53.6 Å². The van der Waals surface area contributed by atoms with Crippen molar-refractivity contribution in [3.05, 3.63) is 117 Å². The molecule has 3 aromatic heterocycles. The van der Waals surface area contributed by atoms with Crippen molar-refractivity contribution in [1.82, 2.24) is 14.5 Å². The molecule has 0 saturated carbocycles. The zero-order valence-electron chi connectivity index (χ0n) is 22.3. The number of nitrogens with zero attached hydrogens (tertiary/aromatic N) is 4. The molecular formula is C30H21ClF3N5O4. The van der Waals surface area contributed by atoms with Crippen LogP contribution in [0.2, 0.25) is 5.02 Å². The molecule has 0 unspecified atom stereocenters. The summed E-state index contributed by atoms with van der Waals surface area (Å²) >= 11 is 5.89. The Morgan fingerprint density at radius 2 is 1.84 bits per heavy atom. The molecule has 0 aliphatic heterocycles. The Labute approximate surface area is 247 Å². The van der Waals surface area contributed by atoms with Crippen LogP contribution in [0, 0.1) is 10.1 Å². The number of fused-ring (bicyclic) bond motifs is 1. The third kappa shape index (κ3) is 6.65. The van der Waals surface area contributed by atoms with Gasteiger partial charge in [0.2, 0.25) is 12.1 Å². The van der Waals surface area contributed by atoms with Gasteiger partial charge in [-0.1, -0.05) is 29.8 Å². The van der Waals surface area contributed by atoms with E-state index < -0.39 is 22.6 Å². The molecule has 0 aliphatic carbocycles. The number of anilines is 1. The Kier molecular flexibility index (Phi) is 8.13. The second-order valence-electron chi connectivity index (χ2n) is 9.31. The lowest BCUT2D eigenvalue weighted by Crippen LogP contribution is -2.09. The monoisotopic (exact) mass is 607 g/mol. The van der Waals surface area contributed by atoms with Crippen molar-refractivity contribution in [3.63, 3.8) is 0 Å². The Morgan fingerprint density at radius 3 is 2.53 bits per heavy atom. The van der Waals surface area contributed by atoms with Crippen LogP contribution in [0.15, 0.2) is 85.5 Å². The van der Waals surface area contributed by atoms with Crippen LogP contribution in [-0.4, -0.2) is 25.4 Å². The number of pyridine rings is 2. The first-order chi connectivity index (χ1) is 20.5. The van der Waals surface area contributed by atoms with E-state index in [1.807, 2.05) is 0 Å². The molecule has 0 radical (unpaired) electrons. The molecule has 5 aromatic rings. The van der Waals surface area contributed by atoms with Crippen molar-refractivity contribution in [1.29, 1.82) is 0 Å². The number of alkyl halides is 3. The Morgan fingerprint density at radius 1 is 1.09 bits per heavy atom. The molecule has 0 spiro atoms. The fourth-order valence-electron chi connectivity index (χ4n) is 4.48. The fraction of sp³-hybridized carbons (Fsp3) is 0.100. The van der Waals surface area contributed by atoms with Crippen molar-refractivity contribution < 1.29 is 27.6 Å². The largest absolute Gasteiger partial charge is 0.488 e. The predicted octanol–water partition coefficient (Wildman–Crippen LogP) is 7.54. The third-order valence-corrected chi connectivity index (χ3v) is 6.58. The highest BCUT2D eigenvalue weighted by molar-refractivity contribution is 6.30.